The molecule has 1 saturated heterocycles. The van der Waals surface area contributed by atoms with Crippen molar-refractivity contribution in [2.75, 3.05) is 13.1 Å². The minimum absolute atomic E-state index is 0.166. The number of nitrogens with one attached hydrogen (secondary N) is 1. The number of hydrogen-bond acceptors (Lipinski definition) is 4. The first-order valence-electron chi connectivity index (χ1n) is 8.39. The van der Waals surface area contributed by atoms with E-state index in [0.717, 1.165) is 38.4 Å². The SMILES string of the molecule is CC(C)(C)C(=O)NC1CCN(Cc2csc(C3CC3)n2)CC1. The second-order valence-corrected chi connectivity index (χ2v) is 8.61. The molecular formula is C17H27N3OS. The Morgan fingerprint density at radius 2 is 2.00 bits per heavy atom. The fourth-order valence-electron chi connectivity index (χ4n) is 2.78. The van der Waals surface area contributed by atoms with Gasteiger partial charge in [-0.05, 0) is 25.7 Å². The van der Waals surface area contributed by atoms with Crippen LogP contribution in [0.25, 0.3) is 0 Å². The van der Waals surface area contributed by atoms with Crippen LogP contribution in [0, 0.1) is 5.41 Å². The van der Waals surface area contributed by atoms with E-state index < -0.39 is 0 Å². The van der Waals surface area contributed by atoms with Gasteiger partial charge in [0.2, 0.25) is 5.91 Å². The lowest BCUT2D eigenvalue weighted by Crippen LogP contribution is -2.47. The Balaban J connectivity index is 1.44. The van der Waals surface area contributed by atoms with Gasteiger partial charge in [0.05, 0.1) is 10.7 Å². The highest BCUT2D eigenvalue weighted by Gasteiger charge is 2.28. The highest BCUT2D eigenvalue weighted by atomic mass is 32.1. The first kappa shape index (κ1) is 15.9. The van der Waals surface area contributed by atoms with E-state index in [9.17, 15) is 4.79 Å². The predicted octanol–water partition coefficient (Wildman–Crippen LogP) is 3.15. The Hall–Kier alpha value is -0.940. The number of nitrogens with zero attached hydrogens (tertiary/aromatic N) is 2. The summed E-state index contributed by atoms with van der Waals surface area (Å²) in [6, 6.07) is 0.334. The Bertz CT molecular complexity index is 522. The monoisotopic (exact) mass is 321 g/mol. The number of thiazole rings is 1. The third-order valence-corrected chi connectivity index (χ3v) is 5.54. The van der Waals surface area contributed by atoms with Crippen molar-refractivity contribution in [1.29, 1.82) is 0 Å². The molecule has 1 amide bonds. The average molecular weight is 321 g/mol. The van der Waals surface area contributed by atoms with E-state index in [2.05, 4.69) is 15.6 Å². The molecule has 1 saturated carbocycles. The van der Waals surface area contributed by atoms with Crippen molar-refractivity contribution >= 4 is 17.2 Å². The van der Waals surface area contributed by atoms with Crippen LogP contribution in [-0.4, -0.2) is 34.9 Å². The summed E-state index contributed by atoms with van der Waals surface area (Å²) in [7, 11) is 0. The van der Waals surface area contributed by atoms with E-state index in [-0.39, 0.29) is 11.3 Å². The quantitative estimate of drug-likeness (QED) is 0.926. The number of carbonyl (C=O) groups excluding carboxylic acids is 1. The third kappa shape index (κ3) is 4.07. The van der Waals surface area contributed by atoms with Crippen molar-refractivity contribution in [1.82, 2.24) is 15.2 Å². The summed E-state index contributed by atoms with van der Waals surface area (Å²) in [6.07, 6.45) is 4.74. The van der Waals surface area contributed by atoms with Crippen LogP contribution in [0.15, 0.2) is 5.38 Å². The van der Waals surface area contributed by atoms with Crippen LogP contribution in [0.4, 0.5) is 0 Å². The molecule has 4 nitrogen and oxygen atoms in total. The van der Waals surface area contributed by atoms with Gasteiger partial charge in [-0.2, -0.15) is 0 Å². The Morgan fingerprint density at radius 1 is 1.32 bits per heavy atom. The van der Waals surface area contributed by atoms with Crippen LogP contribution < -0.4 is 5.32 Å². The van der Waals surface area contributed by atoms with Gasteiger partial charge in [0, 0.05) is 42.4 Å². The maximum absolute atomic E-state index is 12.0. The summed E-state index contributed by atoms with van der Waals surface area (Å²) in [5, 5.41) is 6.75. The Labute approximate surface area is 137 Å². The Kier molecular flexibility index (Phi) is 4.55. The van der Waals surface area contributed by atoms with Crippen molar-refractivity contribution in [2.45, 2.75) is 65.0 Å². The molecule has 3 rings (SSSR count). The molecule has 0 bridgehead atoms. The summed E-state index contributed by atoms with van der Waals surface area (Å²) in [5.74, 6) is 0.927. The van der Waals surface area contributed by atoms with Crippen molar-refractivity contribution in [3.05, 3.63) is 16.1 Å². The first-order chi connectivity index (χ1) is 10.4. The summed E-state index contributed by atoms with van der Waals surface area (Å²) in [5.41, 5.74) is 0.931. The molecule has 22 heavy (non-hydrogen) atoms. The number of rotatable bonds is 4. The molecule has 0 aromatic carbocycles. The highest BCUT2D eigenvalue weighted by Crippen LogP contribution is 2.41. The van der Waals surface area contributed by atoms with E-state index in [1.54, 1.807) is 0 Å². The molecule has 1 aromatic rings. The fourth-order valence-corrected chi connectivity index (χ4v) is 3.76. The lowest BCUT2D eigenvalue weighted by atomic mass is 9.94. The van der Waals surface area contributed by atoms with Crippen LogP contribution >= 0.6 is 11.3 Å². The molecule has 0 radical (unpaired) electrons. The number of likely N-dealkylation sites (tertiary alicyclic amines) is 1. The van der Waals surface area contributed by atoms with Gasteiger partial charge in [-0.3, -0.25) is 9.69 Å². The molecule has 2 heterocycles. The number of piperidine rings is 1. The third-order valence-electron chi connectivity index (χ3n) is 4.49. The number of amides is 1. The second kappa shape index (κ2) is 6.28. The molecule has 1 N–H and O–H groups in total. The largest absolute Gasteiger partial charge is 0.353 e. The molecule has 1 aliphatic carbocycles. The molecule has 5 heteroatoms. The van der Waals surface area contributed by atoms with Gasteiger partial charge in [-0.25, -0.2) is 4.98 Å². The molecule has 122 valence electrons. The normalized spacial score (nSPS) is 21.0. The molecule has 2 aliphatic rings. The second-order valence-electron chi connectivity index (χ2n) is 7.73. The molecule has 0 unspecified atom stereocenters. The zero-order valence-electron chi connectivity index (χ0n) is 13.9. The number of aromatic nitrogens is 1. The lowest BCUT2D eigenvalue weighted by Gasteiger charge is -2.33. The fraction of sp³-hybridized carbons (Fsp3) is 0.765. The van der Waals surface area contributed by atoms with Crippen LogP contribution in [0.2, 0.25) is 0 Å². The summed E-state index contributed by atoms with van der Waals surface area (Å²) >= 11 is 1.83. The maximum Gasteiger partial charge on any atom is 0.225 e. The van der Waals surface area contributed by atoms with Crippen LogP contribution in [0.5, 0.6) is 0 Å². The number of hydrogen-bond donors (Lipinski definition) is 1. The van der Waals surface area contributed by atoms with E-state index in [4.69, 9.17) is 4.98 Å². The van der Waals surface area contributed by atoms with Gasteiger partial charge < -0.3 is 5.32 Å². The van der Waals surface area contributed by atoms with Crippen LogP contribution in [0.1, 0.15) is 63.1 Å². The van der Waals surface area contributed by atoms with Crippen LogP contribution in [-0.2, 0) is 11.3 Å². The first-order valence-corrected chi connectivity index (χ1v) is 9.27. The lowest BCUT2D eigenvalue weighted by molar-refractivity contribution is -0.129. The van der Waals surface area contributed by atoms with E-state index in [1.165, 1.54) is 23.5 Å². The zero-order valence-corrected chi connectivity index (χ0v) is 14.7. The molecule has 1 aliphatic heterocycles. The van der Waals surface area contributed by atoms with Crippen molar-refractivity contribution < 1.29 is 4.79 Å². The predicted molar refractivity (Wildman–Crippen MR) is 90.0 cm³/mol. The topological polar surface area (TPSA) is 45.2 Å². The standard InChI is InChI=1S/C17H27N3OS/c1-17(2,3)16(21)19-13-6-8-20(9-7-13)10-14-11-22-15(18-14)12-4-5-12/h11-13H,4-10H2,1-3H3,(H,19,21). The van der Waals surface area contributed by atoms with Crippen LogP contribution in [0.3, 0.4) is 0 Å². The van der Waals surface area contributed by atoms with Gasteiger partial charge in [0.25, 0.3) is 0 Å². The maximum atomic E-state index is 12.0. The van der Waals surface area contributed by atoms with E-state index >= 15 is 0 Å². The minimum atomic E-state index is -0.295. The number of carbonyl (C=O) groups is 1. The van der Waals surface area contributed by atoms with E-state index in [0.29, 0.717) is 6.04 Å². The average Bonchev–Trinajstić information content (AvgIpc) is 3.21. The van der Waals surface area contributed by atoms with Gasteiger partial charge in [-0.15, -0.1) is 11.3 Å². The Morgan fingerprint density at radius 3 is 2.59 bits per heavy atom. The minimum Gasteiger partial charge on any atom is -0.353 e. The molecule has 0 atom stereocenters. The van der Waals surface area contributed by atoms with Crippen molar-refractivity contribution in [2.24, 2.45) is 5.41 Å². The van der Waals surface area contributed by atoms with E-state index in [1.807, 2.05) is 32.1 Å². The van der Waals surface area contributed by atoms with Crippen molar-refractivity contribution in [3.8, 4) is 0 Å². The molecule has 1 aromatic heterocycles. The smallest absolute Gasteiger partial charge is 0.225 e. The highest BCUT2D eigenvalue weighted by molar-refractivity contribution is 7.09. The van der Waals surface area contributed by atoms with Gasteiger partial charge >= 0.3 is 0 Å². The molecular weight excluding hydrogens is 294 g/mol. The van der Waals surface area contributed by atoms with Gasteiger partial charge in [0.15, 0.2) is 0 Å². The zero-order chi connectivity index (χ0) is 15.7. The van der Waals surface area contributed by atoms with Crippen molar-refractivity contribution in [3.63, 3.8) is 0 Å². The molecule has 2 fully saturated rings. The summed E-state index contributed by atoms with van der Waals surface area (Å²) in [6.45, 7) is 8.96. The molecule has 0 spiro atoms. The van der Waals surface area contributed by atoms with Gasteiger partial charge in [-0.1, -0.05) is 20.8 Å². The summed E-state index contributed by atoms with van der Waals surface area (Å²) < 4.78 is 0. The summed E-state index contributed by atoms with van der Waals surface area (Å²) in [4.78, 5) is 19.3. The van der Waals surface area contributed by atoms with Gasteiger partial charge in [0.1, 0.15) is 0 Å².